The average Bonchev–Trinajstić information content (AvgIpc) is 2.93. The summed E-state index contributed by atoms with van der Waals surface area (Å²) in [6.45, 7) is 0.307. The average molecular weight is 526 g/mol. The summed E-state index contributed by atoms with van der Waals surface area (Å²) in [7, 11) is 3.09. The normalized spacial score (nSPS) is 17.4. The molecule has 202 valence electrons. The summed E-state index contributed by atoms with van der Waals surface area (Å²) in [4.78, 5) is 9.66. The highest BCUT2D eigenvalue weighted by atomic mass is 16.8. The highest BCUT2D eigenvalue weighted by molar-refractivity contribution is 5.74. The summed E-state index contributed by atoms with van der Waals surface area (Å²) in [5.41, 5.74) is 3.82. The van der Waals surface area contributed by atoms with Gasteiger partial charge < -0.3 is 43.2 Å². The molecule has 0 bridgehead atoms. The second-order valence-corrected chi connectivity index (χ2v) is 8.70. The van der Waals surface area contributed by atoms with E-state index >= 15 is 0 Å². The maximum absolute atomic E-state index is 5.88. The third-order valence-electron chi connectivity index (χ3n) is 6.08. The van der Waals surface area contributed by atoms with Gasteiger partial charge in [0.1, 0.15) is 13.6 Å². The molecule has 2 unspecified atom stereocenters. The van der Waals surface area contributed by atoms with E-state index in [1.807, 2.05) is 36.4 Å². The minimum atomic E-state index is -0.0291. The van der Waals surface area contributed by atoms with Crippen LogP contribution in [0.1, 0.15) is 5.56 Å². The van der Waals surface area contributed by atoms with Crippen LogP contribution in [0.15, 0.2) is 36.4 Å². The first kappa shape index (κ1) is 26.3. The van der Waals surface area contributed by atoms with Crippen LogP contribution in [0.5, 0.6) is 11.5 Å². The van der Waals surface area contributed by atoms with Gasteiger partial charge in [0, 0.05) is 31.9 Å². The molecule has 2 heterocycles. The first-order valence-corrected chi connectivity index (χ1v) is 12.2. The van der Waals surface area contributed by atoms with Crippen LogP contribution in [-0.2, 0) is 34.8 Å². The summed E-state index contributed by atoms with van der Waals surface area (Å²) in [5, 5.41) is 5.42. The van der Waals surface area contributed by atoms with Gasteiger partial charge in [0.15, 0.2) is 38.7 Å². The predicted octanol–water partition coefficient (Wildman–Crippen LogP) is 1.72. The number of rotatable bonds is 14. The number of hydrogen-bond donors (Lipinski definition) is 1. The van der Waals surface area contributed by atoms with E-state index in [1.54, 1.807) is 14.2 Å². The zero-order chi connectivity index (χ0) is 26.2. The van der Waals surface area contributed by atoms with Gasteiger partial charge in [0.05, 0.1) is 27.8 Å². The molecule has 1 aromatic heterocycles. The molecule has 2 aromatic carbocycles. The van der Waals surface area contributed by atoms with Crippen LogP contribution in [0.3, 0.4) is 0 Å². The van der Waals surface area contributed by atoms with E-state index in [2.05, 4.69) is 17.5 Å². The molecule has 38 heavy (non-hydrogen) atoms. The third kappa shape index (κ3) is 6.38. The van der Waals surface area contributed by atoms with Crippen molar-refractivity contribution in [2.24, 2.45) is 5.92 Å². The fourth-order valence-corrected chi connectivity index (χ4v) is 4.40. The minimum Gasteiger partial charge on any atom is -0.464 e. The Hall–Kier alpha value is -3.32. The van der Waals surface area contributed by atoms with Crippen LogP contribution in [0.2, 0.25) is 0 Å². The minimum absolute atomic E-state index is 0.0217. The molecule has 1 N–H and O–H groups in total. The van der Waals surface area contributed by atoms with Gasteiger partial charge in [-0.3, -0.25) is 0 Å². The highest BCUT2D eigenvalue weighted by Gasteiger charge is 2.29. The van der Waals surface area contributed by atoms with E-state index in [0.717, 1.165) is 39.4 Å². The lowest BCUT2D eigenvalue weighted by Gasteiger charge is -2.33. The lowest BCUT2D eigenvalue weighted by molar-refractivity contribution is -0.148. The second kappa shape index (κ2) is 13.0. The number of anilines is 1. The molecule has 0 saturated heterocycles. The van der Waals surface area contributed by atoms with E-state index in [0.29, 0.717) is 11.5 Å². The van der Waals surface area contributed by atoms with Crippen molar-refractivity contribution in [1.29, 1.82) is 0 Å². The van der Waals surface area contributed by atoms with Crippen LogP contribution >= 0.6 is 0 Å². The molecule has 2 atom stereocenters. The number of para-hydroxylation sites is 2. The summed E-state index contributed by atoms with van der Waals surface area (Å²) < 4.78 is 42.5. The van der Waals surface area contributed by atoms with Crippen molar-refractivity contribution >= 4 is 28.9 Å². The van der Waals surface area contributed by atoms with Gasteiger partial charge in [-0.25, -0.2) is 9.97 Å². The molecule has 11 heteroatoms. The predicted molar refractivity (Wildman–Crippen MR) is 138 cm³/mol. The molecule has 1 aliphatic heterocycles. The Kier molecular flexibility index (Phi) is 8.97. The summed E-state index contributed by atoms with van der Waals surface area (Å²) in [6, 6.07) is 11.9. The third-order valence-corrected chi connectivity index (χ3v) is 6.08. The van der Waals surface area contributed by atoms with Crippen LogP contribution < -0.4 is 25.5 Å². The SMILES string of the molecule is COCOCOCOc1cc2c(cc1OCOCOCOC)NC1C=c3nc4ccccc4nc3=CC1C2. The number of hydrogen-bond acceptors (Lipinski definition) is 11. The van der Waals surface area contributed by atoms with Crippen molar-refractivity contribution < 1.29 is 37.9 Å². The lowest BCUT2D eigenvalue weighted by Crippen LogP contribution is -2.44. The van der Waals surface area contributed by atoms with Crippen LogP contribution in [0.4, 0.5) is 5.69 Å². The Morgan fingerprint density at radius 3 is 1.95 bits per heavy atom. The molecule has 0 spiro atoms. The van der Waals surface area contributed by atoms with Gasteiger partial charge in [0.2, 0.25) is 0 Å². The quantitative estimate of drug-likeness (QED) is 0.245. The Morgan fingerprint density at radius 1 is 0.737 bits per heavy atom. The molecule has 2 aliphatic rings. The van der Waals surface area contributed by atoms with Crippen LogP contribution in [0.25, 0.3) is 23.2 Å². The Morgan fingerprint density at radius 2 is 1.32 bits per heavy atom. The van der Waals surface area contributed by atoms with Crippen LogP contribution in [0, 0.1) is 5.92 Å². The number of benzene rings is 2. The Labute approximate surface area is 219 Å². The summed E-state index contributed by atoms with van der Waals surface area (Å²) in [6.07, 6.45) is 5.15. The molecule has 5 rings (SSSR count). The smallest absolute Gasteiger partial charge is 0.191 e. The molecule has 0 fully saturated rings. The molecular weight excluding hydrogens is 494 g/mol. The maximum Gasteiger partial charge on any atom is 0.191 e. The van der Waals surface area contributed by atoms with Gasteiger partial charge in [-0.2, -0.15) is 0 Å². The molecule has 0 amide bonds. The molecule has 1 aliphatic carbocycles. The molecule has 0 radical (unpaired) electrons. The molecule has 3 aromatic rings. The van der Waals surface area contributed by atoms with Gasteiger partial charge in [-0.1, -0.05) is 18.2 Å². The molecule has 11 nitrogen and oxygen atoms in total. The monoisotopic (exact) mass is 525 g/mol. The zero-order valence-corrected chi connectivity index (χ0v) is 21.4. The number of fused-ring (bicyclic) bond motifs is 4. The van der Waals surface area contributed by atoms with E-state index in [4.69, 9.17) is 47.9 Å². The van der Waals surface area contributed by atoms with E-state index in [1.165, 1.54) is 0 Å². The summed E-state index contributed by atoms with van der Waals surface area (Å²) in [5.74, 6) is 1.25. The Balaban J connectivity index is 1.33. The van der Waals surface area contributed by atoms with Crippen molar-refractivity contribution in [2.75, 3.05) is 60.3 Å². The highest BCUT2D eigenvalue weighted by Crippen LogP contribution is 2.39. The maximum atomic E-state index is 5.88. The van der Waals surface area contributed by atoms with E-state index in [-0.39, 0.29) is 52.7 Å². The second-order valence-electron chi connectivity index (χ2n) is 8.70. The largest absolute Gasteiger partial charge is 0.464 e. The summed E-state index contributed by atoms with van der Waals surface area (Å²) >= 11 is 0. The van der Waals surface area contributed by atoms with E-state index < -0.39 is 0 Å². The van der Waals surface area contributed by atoms with Gasteiger partial charge in [-0.15, -0.1) is 0 Å². The number of methoxy groups -OCH3 is 2. The fraction of sp³-hybridized carbons (Fsp3) is 0.407. The first-order valence-electron chi connectivity index (χ1n) is 12.2. The number of nitrogens with one attached hydrogen (secondary N) is 1. The molecule has 0 saturated carbocycles. The van der Waals surface area contributed by atoms with Gasteiger partial charge in [-0.05, 0) is 36.3 Å². The van der Waals surface area contributed by atoms with Gasteiger partial charge in [0.25, 0.3) is 0 Å². The lowest BCUT2D eigenvalue weighted by atomic mass is 9.84. The van der Waals surface area contributed by atoms with E-state index in [9.17, 15) is 0 Å². The van der Waals surface area contributed by atoms with Crippen LogP contribution in [-0.4, -0.2) is 71.0 Å². The van der Waals surface area contributed by atoms with Crippen molar-refractivity contribution in [3.8, 4) is 11.5 Å². The fourth-order valence-electron chi connectivity index (χ4n) is 4.40. The van der Waals surface area contributed by atoms with Crippen molar-refractivity contribution in [1.82, 2.24) is 9.97 Å². The van der Waals surface area contributed by atoms with Gasteiger partial charge >= 0.3 is 0 Å². The number of aromatic nitrogens is 2. The zero-order valence-electron chi connectivity index (χ0n) is 21.4. The standard InChI is InChI=1S/C27H31N3O8/c1-31-12-33-14-35-16-37-26-9-19-7-18-8-24-25(29-21-6-4-3-5-20(21)28-24)10-22(18)30-23(19)11-27(26)38-17-36-15-34-13-32-2/h3-6,8-11,18,22,30H,7,12-17H2,1-2H3. The van der Waals surface area contributed by atoms with Crippen molar-refractivity contribution in [2.45, 2.75) is 12.5 Å². The topological polar surface area (TPSA) is 112 Å². The van der Waals surface area contributed by atoms with Crippen molar-refractivity contribution in [3.63, 3.8) is 0 Å². The molecular formula is C27H31N3O8. The number of ether oxygens (including phenoxy) is 8. The first-order chi connectivity index (χ1) is 18.7. The number of nitrogens with zero attached hydrogens (tertiary/aromatic N) is 2. The van der Waals surface area contributed by atoms with Crippen molar-refractivity contribution in [3.05, 3.63) is 52.7 Å². The Bertz CT molecular complexity index is 1250.